The first-order valence-corrected chi connectivity index (χ1v) is 10.7. The van der Waals surface area contributed by atoms with E-state index in [1.165, 1.54) is 23.5 Å². The highest BCUT2D eigenvalue weighted by molar-refractivity contribution is 7.89. The van der Waals surface area contributed by atoms with E-state index in [4.69, 9.17) is 9.47 Å². The van der Waals surface area contributed by atoms with Crippen molar-refractivity contribution in [2.75, 3.05) is 51.8 Å². The summed E-state index contributed by atoms with van der Waals surface area (Å²) in [5, 5.41) is 2.71. The minimum Gasteiger partial charge on any atom is -0.495 e. The number of carbonyl (C=O) groups excluding carboxylic acids is 2. The van der Waals surface area contributed by atoms with Gasteiger partial charge >= 0.3 is 0 Å². The van der Waals surface area contributed by atoms with Crippen LogP contribution in [-0.4, -0.2) is 75.9 Å². The van der Waals surface area contributed by atoms with Crippen molar-refractivity contribution in [2.24, 2.45) is 0 Å². The number of likely N-dealkylation sites (tertiary alicyclic amines) is 1. The highest BCUT2D eigenvalue weighted by atomic mass is 32.2. The molecule has 0 unspecified atom stereocenters. The summed E-state index contributed by atoms with van der Waals surface area (Å²) in [5.74, 6) is 0.00267. The molecule has 2 heterocycles. The minimum atomic E-state index is -3.77. The lowest BCUT2D eigenvalue weighted by Gasteiger charge is -2.26. The summed E-state index contributed by atoms with van der Waals surface area (Å²) in [5.41, 5.74) is 0.366. The summed E-state index contributed by atoms with van der Waals surface area (Å²) in [6, 6.07) is 4.52. The predicted molar refractivity (Wildman–Crippen MR) is 102 cm³/mol. The summed E-state index contributed by atoms with van der Waals surface area (Å²) in [6.45, 7) is 2.26. The number of amides is 2. The second kappa shape index (κ2) is 8.89. The van der Waals surface area contributed by atoms with E-state index in [1.54, 1.807) is 11.0 Å². The predicted octanol–water partition coefficient (Wildman–Crippen LogP) is 0.667. The van der Waals surface area contributed by atoms with E-state index >= 15 is 0 Å². The van der Waals surface area contributed by atoms with Gasteiger partial charge in [0.1, 0.15) is 10.6 Å². The van der Waals surface area contributed by atoms with Gasteiger partial charge in [-0.2, -0.15) is 4.31 Å². The van der Waals surface area contributed by atoms with Crippen LogP contribution in [0.5, 0.6) is 5.75 Å². The van der Waals surface area contributed by atoms with Crippen molar-refractivity contribution in [3.63, 3.8) is 0 Å². The molecule has 154 valence electrons. The zero-order valence-corrected chi connectivity index (χ0v) is 16.7. The number of nitrogens with zero attached hydrogens (tertiary/aromatic N) is 2. The third-order valence-corrected chi connectivity index (χ3v) is 6.74. The van der Waals surface area contributed by atoms with Gasteiger partial charge in [-0.1, -0.05) is 0 Å². The molecule has 0 spiro atoms. The first-order valence-electron chi connectivity index (χ1n) is 9.25. The second-order valence-corrected chi connectivity index (χ2v) is 8.57. The number of methoxy groups -OCH3 is 1. The van der Waals surface area contributed by atoms with Crippen molar-refractivity contribution in [1.82, 2.24) is 9.21 Å². The van der Waals surface area contributed by atoms with E-state index in [0.717, 1.165) is 6.42 Å². The van der Waals surface area contributed by atoms with E-state index in [0.29, 0.717) is 38.4 Å². The first-order chi connectivity index (χ1) is 13.4. The van der Waals surface area contributed by atoms with Gasteiger partial charge in [0.25, 0.3) is 0 Å². The molecule has 2 aliphatic rings. The molecule has 2 amide bonds. The van der Waals surface area contributed by atoms with Crippen LogP contribution < -0.4 is 10.1 Å². The van der Waals surface area contributed by atoms with Gasteiger partial charge in [-0.3, -0.25) is 9.59 Å². The molecule has 0 bridgehead atoms. The van der Waals surface area contributed by atoms with Gasteiger partial charge in [-0.05, 0) is 24.6 Å². The summed E-state index contributed by atoms with van der Waals surface area (Å²) >= 11 is 0. The van der Waals surface area contributed by atoms with Crippen molar-refractivity contribution in [1.29, 1.82) is 0 Å². The molecular weight excluding hydrogens is 386 g/mol. The van der Waals surface area contributed by atoms with E-state index < -0.39 is 10.0 Å². The quantitative estimate of drug-likeness (QED) is 0.707. The van der Waals surface area contributed by atoms with Crippen LogP contribution in [-0.2, 0) is 24.3 Å². The standard InChI is InChI=1S/C18H25N3O6S/c1-26-15-5-4-14(19-17(22)6-8-20-7-2-3-18(20)23)13-16(15)28(24,25)21-9-11-27-12-10-21/h4-5,13H,2-3,6-12H2,1H3,(H,19,22). The maximum atomic E-state index is 13.0. The van der Waals surface area contributed by atoms with Crippen molar-refractivity contribution in [3.05, 3.63) is 18.2 Å². The zero-order valence-electron chi connectivity index (χ0n) is 15.8. The average molecular weight is 411 g/mol. The van der Waals surface area contributed by atoms with E-state index in [-0.39, 0.29) is 42.0 Å². The molecule has 3 rings (SSSR count). The summed E-state index contributed by atoms with van der Waals surface area (Å²) in [4.78, 5) is 25.5. The second-order valence-electron chi connectivity index (χ2n) is 6.66. The molecule has 0 radical (unpaired) electrons. The summed E-state index contributed by atoms with van der Waals surface area (Å²) < 4.78 is 37.7. The lowest BCUT2D eigenvalue weighted by molar-refractivity contribution is -0.128. The molecule has 1 aromatic rings. The third kappa shape index (κ3) is 4.62. The fourth-order valence-corrected chi connectivity index (χ4v) is 4.87. The Morgan fingerprint density at radius 3 is 2.64 bits per heavy atom. The smallest absolute Gasteiger partial charge is 0.246 e. The Hall–Kier alpha value is -2.17. The van der Waals surface area contributed by atoms with Gasteiger partial charge in [-0.15, -0.1) is 0 Å². The highest BCUT2D eigenvalue weighted by Crippen LogP contribution is 2.30. The lowest BCUT2D eigenvalue weighted by atomic mass is 10.3. The van der Waals surface area contributed by atoms with Crippen molar-refractivity contribution >= 4 is 27.5 Å². The topological polar surface area (TPSA) is 105 Å². The van der Waals surface area contributed by atoms with Gasteiger partial charge < -0.3 is 19.7 Å². The summed E-state index contributed by atoms with van der Waals surface area (Å²) in [7, 11) is -2.37. The van der Waals surface area contributed by atoms with Gasteiger partial charge in [0, 0.05) is 44.7 Å². The zero-order chi connectivity index (χ0) is 20.1. The Morgan fingerprint density at radius 2 is 2.00 bits per heavy atom. The number of nitrogens with one attached hydrogen (secondary N) is 1. The van der Waals surface area contributed by atoms with Crippen LogP contribution in [0.4, 0.5) is 5.69 Å². The number of morpholine rings is 1. The fraction of sp³-hybridized carbons (Fsp3) is 0.556. The molecule has 2 aliphatic heterocycles. The Labute approximate surface area is 164 Å². The Kier molecular flexibility index (Phi) is 6.53. The van der Waals surface area contributed by atoms with Gasteiger partial charge in [0.05, 0.1) is 20.3 Å². The summed E-state index contributed by atoms with van der Waals surface area (Å²) in [6.07, 6.45) is 1.51. The van der Waals surface area contributed by atoms with Crippen molar-refractivity contribution in [3.8, 4) is 5.75 Å². The van der Waals surface area contributed by atoms with E-state index in [9.17, 15) is 18.0 Å². The van der Waals surface area contributed by atoms with Crippen LogP contribution in [0.25, 0.3) is 0 Å². The average Bonchev–Trinajstić information content (AvgIpc) is 3.12. The molecule has 9 nitrogen and oxygen atoms in total. The maximum absolute atomic E-state index is 13.0. The molecule has 0 saturated carbocycles. The molecule has 10 heteroatoms. The van der Waals surface area contributed by atoms with Gasteiger partial charge in [0.2, 0.25) is 21.8 Å². The van der Waals surface area contributed by atoms with Crippen LogP contribution >= 0.6 is 0 Å². The van der Waals surface area contributed by atoms with E-state index in [2.05, 4.69) is 5.32 Å². The molecule has 0 atom stereocenters. The molecular formula is C18H25N3O6S. The number of hydrogen-bond donors (Lipinski definition) is 1. The monoisotopic (exact) mass is 411 g/mol. The van der Waals surface area contributed by atoms with Crippen LogP contribution in [0.3, 0.4) is 0 Å². The lowest BCUT2D eigenvalue weighted by Crippen LogP contribution is -2.40. The number of anilines is 1. The normalized spacial score (nSPS) is 18.3. The molecule has 0 aromatic heterocycles. The van der Waals surface area contributed by atoms with E-state index in [1.807, 2.05) is 0 Å². The fourth-order valence-electron chi connectivity index (χ4n) is 3.28. The Morgan fingerprint density at radius 1 is 1.25 bits per heavy atom. The SMILES string of the molecule is COc1ccc(NC(=O)CCN2CCCC2=O)cc1S(=O)(=O)N1CCOCC1. The van der Waals surface area contributed by atoms with Crippen molar-refractivity contribution in [2.45, 2.75) is 24.2 Å². The molecule has 2 fully saturated rings. The highest BCUT2D eigenvalue weighted by Gasteiger charge is 2.29. The number of benzene rings is 1. The molecule has 1 aromatic carbocycles. The first kappa shape index (κ1) is 20.6. The Bertz CT molecular complexity index is 836. The Balaban J connectivity index is 1.71. The number of carbonyl (C=O) groups is 2. The molecule has 0 aliphatic carbocycles. The number of sulfonamides is 1. The molecule has 28 heavy (non-hydrogen) atoms. The van der Waals surface area contributed by atoms with Gasteiger partial charge in [-0.25, -0.2) is 8.42 Å². The molecule has 2 saturated heterocycles. The van der Waals surface area contributed by atoms with Crippen LogP contribution in [0, 0.1) is 0 Å². The number of rotatable bonds is 7. The number of hydrogen-bond acceptors (Lipinski definition) is 6. The largest absolute Gasteiger partial charge is 0.495 e. The molecule has 1 N–H and O–H groups in total. The van der Waals surface area contributed by atoms with Crippen LogP contribution in [0.2, 0.25) is 0 Å². The van der Waals surface area contributed by atoms with Crippen LogP contribution in [0.15, 0.2) is 23.1 Å². The van der Waals surface area contributed by atoms with Crippen molar-refractivity contribution < 1.29 is 27.5 Å². The van der Waals surface area contributed by atoms with Crippen LogP contribution in [0.1, 0.15) is 19.3 Å². The number of ether oxygens (including phenoxy) is 2. The minimum absolute atomic E-state index is 0.00409. The van der Waals surface area contributed by atoms with Gasteiger partial charge in [0.15, 0.2) is 0 Å². The third-order valence-electron chi connectivity index (χ3n) is 4.82. The maximum Gasteiger partial charge on any atom is 0.246 e.